The number of hydrogen-bond donors (Lipinski definition) is 2. The van der Waals surface area contributed by atoms with Crippen LogP contribution in [0.25, 0.3) is 11.0 Å². The summed E-state index contributed by atoms with van der Waals surface area (Å²) in [5, 5.41) is 24.2. The fraction of sp³-hybridized carbons (Fsp3) is 0.333. The molecule has 12 nitrogen and oxygen atoms in total. The monoisotopic (exact) mass is 492 g/mol. The van der Waals surface area contributed by atoms with E-state index >= 15 is 0 Å². The van der Waals surface area contributed by atoms with E-state index in [0.717, 1.165) is 6.20 Å². The van der Waals surface area contributed by atoms with Crippen LogP contribution in [0, 0.1) is 10.1 Å². The standard InChI is InChI=1S/C21H24N4O8S/c1-21(20(26)27,13-33-10-9-32-3)23-18-15-11-17(34(30,31)14-7-5-4-6-8-14)24(2)19(15)22-12-16(18)25(28)29/h4-8,11-12H,9-10,13H2,1-3H3,(H,22,23)(H,26,27). The molecule has 1 aromatic carbocycles. The third-order valence-electron chi connectivity index (χ3n) is 5.21. The van der Waals surface area contributed by atoms with Crippen LogP contribution in [0.1, 0.15) is 6.92 Å². The van der Waals surface area contributed by atoms with E-state index in [1.54, 1.807) is 18.2 Å². The molecule has 3 rings (SSSR count). The molecule has 0 amide bonds. The molecule has 0 aliphatic carbocycles. The molecule has 0 radical (unpaired) electrons. The number of aliphatic carboxylic acids is 1. The Bertz CT molecular complexity index is 1320. The number of aromatic nitrogens is 2. The van der Waals surface area contributed by atoms with Gasteiger partial charge in [-0.25, -0.2) is 18.2 Å². The molecule has 0 saturated heterocycles. The van der Waals surface area contributed by atoms with Crippen molar-refractivity contribution >= 4 is 38.2 Å². The fourth-order valence-electron chi connectivity index (χ4n) is 3.33. The van der Waals surface area contributed by atoms with E-state index in [2.05, 4.69) is 10.3 Å². The number of methoxy groups -OCH3 is 1. The van der Waals surface area contributed by atoms with Crippen molar-refractivity contribution in [2.75, 3.05) is 32.2 Å². The smallest absolute Gasteiger partial charge is 0.331 e. The molecule has 1 atom stereocenters. The average molecular weight is 493 g/mol. The second-order valence-corrected chi connectivity index (χ2v) is 9.58. The van der Waals surface area contributed by atoms with E-state index in [0.29, 0.717) is 0 Å². The number of hydrogen-bond acceptors (Lipinski definition) is 9. The Morgan fingerprint density at radius 3 is 2.56 bits per heavy atom. The van der Waals surface area contributed by atoms with Crippen molar-refractivity contribution in [2.24, 2.45) is 7.05 Å². The van der Waals surface area contributed by atoms with E-state index in [4.69, 9.17) is 9.47 Å². The number of pyridine rings is 1. The molecule has 34 heavy (non-hydrogen) atoms. The highest BCUT2D eigenvalue weighted by atomic mass is 32.2. The van der Waals surface area contributed by atoms with Crippen LogP contribution in [-0.4, -0.2) is 66.4 Å². The molecule has 1 unspecified atom stereocenters. The number of fused-ring (bicyclic) bond motifs is 1. The fourth-order valence-corrected chi connectivity index (χ4v) is 4.81. The third kappa shape index (κ3) is 4.71. The molecule has 0 saturated carbocycles. The van der Waals surface area contributed by atoms with Crippen molar-refractivity contribution < 1.29 is 32.7 Å². The van der Waals surface area contributed by atoms with Crippen LogP contribution < -0.4 is 5.32 Å². The van der Waals surface area contributed by atoms with Gasteiger partial charge in [0.1, 0.15) is 22.6 Å². The lowest BCUT2D eigenvalue weighted by Gasteiger charge is -2.27. The van der Waals surface area contributed by atoms with Gasteiger partial charge < -0.3 is 24.5 Å². The molecule has 2 aromatic heterocycles. The first-order valence-electron chi connectivity index (χ1n) is 10.0. The predicted octanol–water partition coefficient (Wildman–Crippen LogP) is 2.23. The summed E-state index contributed by atoms with van der Waals surface area (Å²) < 4.78 is 38.0. The minimum Gasteiger partial charge on any atom is -0.479 e. The van der Waals surface area contributed by atoms with Crippen LogP contribution in [0.4, 0.5) is 11.4 Å². The van der Waals surface area contributed by atoms with Gasteiger partial charge in [-0.15, -0.1) is 0 Å². The maximum absolute atomic E-state index is 13.2. The first-order chi connectivity index (χ1) is 16.0. The van der Waals surface area contributed by atoms with E-state index in [1.165, 1.54) is 43.8 Å². The number of rotatable bonds is 11. The van der Waals surface area contributed by atoms with E-state index in [1.807, 2.05) is 0 Å². The van der Waals surface area contributed by atoms with Gasteiger partial charge in [-0.3, -0.25) is 10.1 Å². The molecule has 2 heterocycles. The Hall–Kier alpha value is -3.55. The zero-order valence-corrected chi connectivity index (χ0v) is 19.5. The van der Waals surface area contributed by atoms with Crippen molar-refractivity contribution in [3.05, 3.63) is 52.7 Å². The molecule has 0 aliphatic rings. The number of nitrogens with zero attached hydrogens (tertiary/aromatic N) is 3. The number of carboxylic acid groups (broad SMARTS) is 1. The van der Waals surface area contributed by atoms with Gasteiger partial charge in [0.05, 0.1) is 35.0 Å². The molecule has 0 spiro atoms. The highest BCUT2D eigenvalue weighted by Gasteiger charge is 2.37. The van der Waals surface area contributed by atoms with E-state index < -0.39 is 32.0 Å². The number of nitro groups is 1. The first-order valence-corrected chi connectivity index (χ1v) is 11.5. The third-order valence-corrected chi connectivity index (χ3v) is 7.05. The van der Waals surface area contributed by atoms with Gasteiger partial charge in [-0.2, -0.15) is 0 Å². The number of aryl methyl sites for hydroxylation is 1. The van der Waals surface area contributed by atoms with Crippen molar-refractivity contribution in [1.82, 2.24) is 9.55 Å². The molecular formula is C21H24N4O8S. The van der Waals surface area contributed by atoms with Crippen molar-refractivity contribution in [1.29, 1.82) is 0 Å². The Labute approximate surface area is 195 Å². The van der Waals surface area contributed by atoms with Crippen LogP contribution in [-0.2, 0) is 31.2 Å². The number of carboxylic acids is 1. The minimum atomic E-state index is -3.99. The van der Waals surface area contributed by atoms with E-state index in [9.17, 15) is 28.4 Å². The maximum atomic E-state index is 13.2. The Kier molecular flexibility index (Phi) is 7.19. The number of ether oxygens (including phenoxy) is 2. The summed E-state index contributed by atoms with van der Waals surface area (Å²) in [6.45, 7) is 1.31. The van der Waals surface area contributed by atoms with Crippen LogP contribution >= 0.6 is 0 Å². The van der Waals surface area contributed by atoms with Crippen molar-refractivity contribution in [3.63, 3.8) is 0 Å². The minimum absolute atomic E-state index is 0.0341. The SMILES string of the molecule is COCCOCC(C)(Nc1c([N+](=O)[O-])cnc2c1cc(S(=O)(=O)c1ccccc1)n2C)C(=O)O. The van der Waals surface area contributed by atoms with Crippen molar-refractivity contribution in [3.8, 4) is 0 Å². The number of anilines is 1. The number of nitrogens with one attached hydrogen (secondary N) is 1. The molecule has 3 aromatic rings. The highest BCUT2D eigenvalue weighted by Crippen LogP contribution is 2.37. The van der Waals surface area contributed by atoms with Gasteiger partial charge in [0.2, 0.25) is 9.84 Å². The number of sulfone groups is 1. The molecule has 2 N–H and O–H groups in total. The predicted molar refractivity (Wildman–Crippen MR) is 122 cm³/mol. The first kappa shape index (κ1) is 25.1. The summed E-state index contributed by atoms with van der Waals surface area (Å²) in [6, 6.07) is 8.94. The topological polar surface area (TPSA) is 163 Å². The lowest BCUT2D eigenvalue weighted by Crippen LogP contribution is -2.48. The summed E-state index contributed by atoms with van der Waals surface area (Å²) in [5.41, 5.74) is -2.34. The Morgan fingerprint density at radius 1 is 1.29 bits per heavy atom. The largest absolute Gasteiger partial charge is 0.479 e. The summed E-state index contributed by atoms with van der Waals surface area (Å²) in [4.78, 5) is 27.2. The molecule has 0 bridgehead atoms. The van der Waals surface area contributed by atoms with Gasteiger partial charge in [-0.1, -0.05) is 18.2 Å². The van der Waals surface area contributed by atoms with Gasteiger partial charge in [-0.05, 0) is 25.1 Å². The number of carbonyl (C=O) groups is 1. The molecular weight excluding hydrogens is 468 g/mol. The quantitative estimate of drug-likeness (QED) is 0.230. The molecule has 13 heteroatoms. The van der Waals surface area contributed by atoms with Crippen LogP contribution in [0.3, 0.4) is 0 Å². The lowest BCUT2D eigenvalue weighted by molar-refractivity contribution is -0.384. The van der Waals surface area contributed by atoms with Crippen LogP contribution in [0.15, 0.2) is 52.5 Å². The summed E-state index contributed by atoms with van der Waals surface area (Å²) in [6.07, 6.45) is 0.956. The van der Waals surface area contributed by atoms with Crippen molar-refractivity contribution in [2.45, 2.75) is 22.4 Å². The Morgan fingerprint density at radius 2 is 1.97 bits per heavy atom. The maximum Gasteiger partial charge on any atom is 0.331 e. The summed E-state index contributed by atoms with van der Waals surface area (Å²) in [7, 11) is -1.06. The van der Waals surface area contributed by atoms with Gasteiger partial charge in [0, 0.05) is 14.2 Å². The summed E-state index contributed by atoms with van der Waals surface area (Å²) in [5.74, 6) is -1.32. The second kappa shape index (κ2) is 9.75. The lowest BCUT2D eigenvalue weighted by atomic mass is 10.0. The zero-order chi connectivity index (χ0) is 25.1. The normalized spacial score (nSPS) is 13.5. The molecule has 0 fully saturated rings. The van der Waals surface area contributed by atoms with Crippen LogP contribution in [0.2, 0.25) is 0 Å². The highest BCUT2D eigenvalue weighted by molar-refractivity contribution is 7.91. The second-order valence-electron chi connectivity index (χ2n) is 7.68. The Balaban J connectivity index is 2.17. The van der Waals surface area contributed by atoms with Gasteiger partial charge >= 0.3 is 11.7 Å². The molecule has 182 valence electrons. The molecule has 0 aliphatic heterocycles. The zero-order valence-electron chi connectivity index (χ0n) is 18.7. The van der Waals surface area contributed by atoms with Gasteiger partial charge in [0.25, 0.3) is 0 Å². The summed E-state index contributed by atoms with van der Waals surface area (Å²) >= 11 is 0. The number of benzene rings is 1. The van der Waals surface area contributed by atoms with Crippen LogP contribution in [0.5, 0.6) is 0 Å². The van der Waals surface area contributed by atoms with E-state index in [-0.39, 0.29) is 46.5 Å². The van der Waals surface area contributed by atoms with Gasteiger partial charge in [0.15, 0.2) is 5.54 Å². The average Bonchev–Trinajstić information content (AvgIpc) is 3.15.